The van der Waals surface area contributed by atoms with E-state index in [4.69, 9.17) is 0 Å². The fourth-order valence-electron chi connectivity index (χ4n) is 1.73. The number of hydrogen-bond donors (Lipinski definition) is 0. The Morgan fingerprint density at radius 3 is 1.92 bits per heavy atom. The van der Waals surface area contributed by atoms with Gasteiger partial charge >= 0.3 is 0 Å². The maximum absolute atomic E-state index is 11.4. The van der Waals surface area contributed by atoms with E-state index in [0.29, 0.717) is 11.1 Å². The summed E-state index contributed by atoms with van der Waals surface area (Å²) in [6.07, 6.45) is 5.56. The molecular weight excluding hydrogens is 152 g/mol. The lowest BCUT2D eigenvalue weighted by Crippen LogP contribution is -2.09. The van der Waals surface area contributed by atoms with E-state index in [1.54, 1.807) is 6.92 Å². The van der Waals surface area contributed by atoms with Crippen LogP contribution in [0, 0.1) is 5.92 Å². The molecule has 12 heavy (non-hydrogen) atoms. The summed E-state index contributed by atoms with van der Waals surface area (Å²) in [4.78, 5) is 22.8. The van der Waals surface area contributed by atoms with Crippen LogP contribution >= 0.6 is 0 Å². The van der Waals surface area contributed by atoms with E-state index in [1.807, 2.05) is 12.2 Å². The maximum atomic E-state index is 11.4. The second kappa shape index (κ2) is 2.41. The van der Waals surface area contributed by atoms with Crippen LogP contribution < -0.4 is 0 Å². The molecule has 0 radical (unpaired) electrons. The van der Waals surface area contributed by atoms with Crippen molar-refractivity contribution < 1.29 is 9.59 Å². The lowest BCUT2D eigenvalue weighted by Gasteiger charge is -2.02. The molecule has 0 aromatic heterocycles. The summed E-state index contributed by atoms with van der Waals surface area (Å²) < 4.78 is 0. The molecule has 0 bridgehead atoms. The number of allylic oxidation sites excluding steroid dienone is 4. The molecule has 0 N–H and O–H groups in total. The van der Waals surface area contributed by atoms with Crippen LogP contribution in [0.4, 0.5) is 0 Å². The van der Waals surface area contributed by atoms with Gasteiger partial charge in [-0.15, -0.1) is 0 Å². The highest BCUT2D eigenvalue weighted by Crippen LogP contribution is 2.32. The molecule has 62 valence electrons. The smallest absolute Gasteiger partial charge is 0.173 e. The Morgan fingerprint density at radius 2 is 1.50 bits per heavy atom. The second-order valence-corrected chi connectivity index (χ2v) is 3.26. The molecule has 0 saturated heterocycles. The van der Waals surface area contributed by atoms with Crippen molar-refractivity contribution in [3.63, 3.8) is 0 Å². The Morgan fingerprint density at radius 1 is 1.08 bits per heavy atom. The highest BCUT2D eigenvalue weighted by atomic mass is 16.2. The molecule has 2 aliphatic carbocycles. The first-order valence-electron chi connectivity index (χ1n) is 4.21. The van der Waals surface area contributed by atoms with Gasteiger partial charge in [-0.05, 0) is 19.8 Å². The van der Waals surface area contributed by atoms with Crippen LogP contribution in [-0.4, -0.2) is 11.6 Å². The zero-order chi connectivity index (χ0) is 8.72. The number of fused-ring (bicyclic) bond motifs is 1. The van der Waals surface area contributed by atoms with Crippen LogP contribution in [0.1, 0.15) is 19.8 Å². The van der Waals surface area contributed by atoms with Gasteiger partial charge in [0.25, 0.3) is 0 Å². The van der Waals surface area contributed by atoms with Crippen molar-refractivity contribution in [3.05, 3.63) is 23.3 Å². The van der Waals surface area contributed by atoms with Gasteiger partial charge < -0.3 is 0 Å². The fourth-order valence-corrected chi connectivity index (χ4v) is 1.73. The number of carbonyl (C=O) groups is 2. The molecule has 0 unspecified atom stereocenters. The summed E-state index contributed by atoms with van der Waals surface area (Å²) >= 11 is 0. The maximum Gasteiger partial charge on any atom is 0.173 e. The average Bonchev–Trinajstić information content (AvgIpc) is 2.33. The Labute approximate surface area is 71.0 Å². The molecule has 2 heteroatoms. The molecular formula is C10H10O2. The standard InChI is InChI=1S/C10H10O2/c1-6-9(11)7-4-2-3-5-8(7)10(6)12/h4-6H,2-3H2,1H3. The highest BCUT2D eigenvalue weighted by molar-refractivity contribution is 6.29. The van der Waals surface area contributed by atoms with E-state index >= 15 is 0 Å². The zero-order valence-electron chi connectivity index (χ0n) is 6.96. The Kier molecular flexibility index (Phi) is 1.50. The molecule has 2 aliphatic rings. The molecule has 0 atom stereocenters. The number of hydrogen-bond acceptors (Lipinski definition) is 2. The van der Waals surface area contributed by atoms with Gasteiger partial charge in [0.2, 0.25) is 0 Å². The van der Waals surface area contributed by atoms with E-state index < -0.39 is 5.92 Å². The normalized spacial score (nSPS) is 23.8. The van der Waals surface area contributed by atoms with Crippen molar-refractivity contribution in [2.45, 2.75) is 19.8 Å². The average molecular weight is 162 g/mol. The van der Waals surface area contributed by atoms with Gasteiger partial charge in [0.15, 0.2) is 11.6 Å². The fraction of sp³-hybridized carbons (Fsp3) is 0.400. The summed E-state index contributed by atoms with van der Waals surface area (Å²) in [6, 6.07) is 0. The Bertz CT molecular complexity index is 289. The van der Waals surface area contributed by atoms with Crippen LogP contribution in [0.15, 0.2) is 23.3 Å². The molecule has 1 fully saturated rings. The number of Topliss-reactive ketones (excluding diaryl/α,β-unsaturated/α-hetero) is 2. The summed E-state index contributed by atoms with van der Waals surface area (Å²) in [7, 11) is 0. The van der Waals surface area contributed by atoms with Crippen molar-refractivity contribution in [1.82, 2.24) is 0 Å². The van der Waals surface area contributed by atoms with Crippen LogP contribution in [0.5, 0.6) is 0 Å². The summed E-state index contributed by atoms with van der Waals surface area (Å²) in [5.74, 6) is -0.419. The van der Waals surface area contributed by atoms with Gasteiger partial charge in [-0.2, -0.15) is 0 Å². The molecule has 0 aromatic carbocycles. The number of ketones is 2. The van der Waals surface area contributed by atoms with Gasteiger partial charge in [-0.3, -0.25) is 9.59 Å². The minimum absolute atomic E-state index is 0.00551. The summed E-state index contributed by atoms with van der Waals surface area (Å²) in [5.41, 5.74) is 1.33. The Hall–Kier alpha value is -1.18. The molecule has 2 rings (SSSR count). The first-order valence-corrected chi connectivity index (χ1v) is 4.21. The zero-order valence-corrected chi connectivity index (χ0v) is 6.96. The quantitative estimate of drug-likeness (QED) is 0.505. The summed E-state index contributed by atoms with van der Waals surface area (Å²) in [6.45, 7) is 1.69. The second-order valence-electron chi connectivity index (χ2n) is 3.26. The molecule has 0 spiro atoms. The highest BCUT2D eigenvalue weighted by Gasteiger charge is 2.38. The minimum Gasteiger partial charge on any atom is -0.293 e. The lowest BCUT2D eigenvalue weighted by atomic mass is 10.0. The topological polar surface area (TPSA) is 34.1 Å². The van der Waals surface area contributed by atoms with Crippen molar-refractivity contribution in [2.24, 2.45) is 5.92 Å². The third kappa shape index (κ3) is 0.809. The molecule has 0 aliphatic heterocycles. The predicted molar refractivity (Wildman–Crippen MR) is 44.6 cm³/mol. The molecule has 0 aromatic rings. The van der Waals surface area contributed by atoms with Crippen LogP contribution in [0.3, 0.4) is 0 Å². The lowest BCUT2D eigenvalue weighted by molar-refractivity contribution is -0.124. The molecule has 1 saturated carbocycles. The van der Waals surface area contributed by atoms with Gasteiger partial charge in [0.1, 0.15) is 0 Å². The van der Waals surface area contributed by atoms with Crippen molar-refractivity contribution in [1.29, 1.82) is 0 Å². The van der Waals surface area contributed by atoms with Gasteiger partial charge in [-0.1, -0.05) is 12.2 Å². The summed E-state index contributed by atoms with van der Waals surface area (Å²) in [5, 5.41) is 0. The van der Waals surface area contributed by atoms with Crippen molar-refractivity contribution in [3.8, 4) is 0 Å². The van der Waals surface area contributed by atoms with Crippen molar-refractivity contribution in [2.75, 3.05) is 0 Å². The minimum atomic E-state index is -0.430. The number of rotatable bonds is 0. The largest absolute Gasteiger partial charge is 0.293 e. The van der Waals surface area contributed by atoms with Crippen LogP contribution in [-0.2, 0) is 9.59 Å². The predicted octanol–water partition coefficient (Wildman–Crippen LogP) is 1.42. The van der Waals surface area contributed by atoms with E-state index in [9.17, 15) is 9.59 Å². The van der Waals surface area contributed by atoms with E-state index in [2.05, 4.69) is 0 Å². The van der Waals surface area contributed by atoms with E-state index in [1.165, 1.54) is 0 Å². The van der Waals surface area contributed by atoms with Gasteiger partial charge in [0, 0.05) is 11.1 Å². The van der Waals surface area contributed by atoms with E-state index in [0.717, 1.165) is 12.8 Å². The van der Waals surface area contributed by atoms with Crippen LogP contribution in [0.25, 0.3) is 0 Å². The third-order valence-corrected chi connectivity index (χ3v) is 2.47. The monoisotopic (exact) mass is 162 g/mol. The first kappa shape index (κ1) is 7.47. The van der Waals surface area contributed by atoms with Crippen LogP contribution in [0.2, 0.25) is 0 Å². The van der Waals surface area contributed by atoms with Crippen molar-refractivity contribution >= 4 is 11.6 Å². The SMILES string of the molecule is CC1C(=O)C2=CCCC=C2C1=O. The molecule has 0 amide bonds. The van der Waals surface area contributed by atoms with E-state index in [-0.39, 0.29) is 11.6 Å². The third-order valence-electron chi connectivity index (χ3n) is 2.47. The van der Waals surface area contributed by atoms with Gasteiger partial charge in [-0.25, -0.2) is 0 Å². The Balaban J connectivity index is 2.52. The number of carbonyl (C=O) groups excluding carboxylic acids is 2. The molecule has 0 heterocycles. The first-order chi connectivity index (χ1) is 5.72. The van der Waals surface area contributed by atoms with Gasteiger partial charge in [0.05, 0.1) is 5.92 Å². The molecule has 2 nitrogen and oxygen atoms in total.